The highest BCUT2D eigenvalue weighted by Crippen LogP contribution is 2.05. The normalized spacial score (nSPS) is 10.2. The second-order valence-corrected chi connectivity index (χ2v) is 3.62. The van der Waals surface area contributed by atoms with E-state index in [0.717, 1.165) is 5.56 Å². The molecule has 0 atom stereocenters. The van der Waals surface area contributed by atoms with Gasteiger partial charge in [0.05, 0.1) is 13.4 Å². The van der Waals surface area contributed by atoms with Crippen LogP contribution in [0.2, 0.25) is 0 Å². The predicted molar refractivity (Wildman–Crippen MR) is 60.9 cm³/mol. The Morgan fingerprint density at radius 1 is 1.29 bits per heavy atom. The molecule has 0 N–H and O–H groups in total. The standard InChI is InChI=1S/C11H12N4O2/c1-15-6-9(10(16)14-7-15)3-8-4-12-11(17-2)13-5-8/h4-7H,3H2,1-2H3. The Labute approximate surface area is 97.9 Å². The lowest BCUT2D eigenvalue weighted by molar-refractivity contribution is 0.379. The number of aromatic nitrogens is 4. The molecule has 0 fully saturated rings. The molecular weight excluding hydrogens is 220 g/mol. The maximum Gasteiger partial charge on any atom is 0.316 e. The number of nitrogens with zero attached hydrogens (tertiary/aromatic N) is 4. The zero-order valence-corrected chi connectivity index (χ0v) is 9.62. The van der Waals surface area contributed by atoms with E-state index in [4.69, 9.17) is 4.74 Å². The van der Waals surface area contributed by atoms with Crippen LogP contribution in [0.4, 0.5) is 0 Å². The molecule has 0 aliphatic rings. The molecule has 2 aromatic rings. The average molecular weight is 232 g/mol. The van der Waals surface area contributed by atoms with E-state index in [0.29, 0.717) is 18.0 Å². The van der Waals surface area contributed by atoms with Gasteiger partial charge in [-0.3, -0.25) is 4.79 Å². The van der Waals surface area contributed by atoms with E-state index in [-0.39, 0.29) is 5.56 Å². The Kier molecular flexibility index (Phi) is 3.13. The van der Waals surface area contributed by atoms with E-state index in [1.807, 2.05) is 7.05 Å². The monoisotopic (exact) mass is 232 g/mol. The molecule has 0 saturated heterocycles. The van der Waals surface area contributed by atoms with Crippen LogP contribution in [0, 0.1) is 0 Å². The number of hydrogen-bond donors (Lipinski definition) is 0. The van der Waals surface area contributed by atoms with Crippen molar-refractivity contribution in [2.75, 3.05) is 7.11 Å². The van der Waals surface area contributed by atoms with Gasteiger partial charge in [-0.2, -0.15) is 4.98 Å². The molecule has 0 amide bonds. The first-order chi connectivity index (χ1) is 8.19. The summed E-state index contributed by atoms with van der Waals surface area (Å²) in [5, 5.41) is 0. The Hall–Kier alpha value is -2.24. The summed E-state index contributed by atoms with van der Waals surface area (Å²) < 4.78 is 6.60. The van der Waals surface area contributed by atoms with Crippen molar-refractivity contribution in [1.29, 1.82) is 0 Å². The highest BCUT2D eigenvalue weighted by atomic mass is 16.5. The summed E-state index contributed by atoms with van der Waals surface area (Å²) in [6, 6.07) is 0.313. The van der Waals surface area contributed by atoms with E-state index >= 15 is 0 Å². The van der Waals surface area contributed by atoms with Crippen LogP contribution in [0.25, 0.3) is 0 Å². The molecule has 6 heteroatoms. The summed E-state index contributed by atoms with van der Waals surface area (Å²) >= 11 is 0. The van der Waals surface area contributed by atoms with Gasteiger partial charge in [0.2, 0.25) is 0 Å². The molecule has 0 aliphatic carbocycles. The second kappa shape index (κ2) is 4.73. The van der Waals surface area contributed by atoms with Crippen LogP contribution in [-0.4, -0.2) is 26.6 Å². The lowest BCUT2D eigenvalue weighted by Gasteiger charge is -2.03. The third-order valence-corrected chi connectivity index (χ3v) is 2.25. The molecule has 2 aromatic heterocycles. The van der Waals surface area contributed by atoms with Crippen molar-refractivity contribution in [1.82, 2.24) is 19.5 Å². The molecule has 0 unspecified atom stereocenters. The first-order valence-electron chi connectivity index (χ1n) is 5.05. The van der Waals surface area contributed by atoms with Crippen molar-refractivity contribution >= 4 is 0 Å². The van der Waals surface area contributed by atoms with Crippen LogP contribution < -0.4 is 10.3 Å². The topological polar surface area (TPSA) is 69.9 Å². The fourth-order valence-electron chi connectivity index (χ4n) is 1.44. The number of rotatable bonds is 3. The Balaban J connectivity index is 2.25. The van der Waals surface area contributed by atoms with Gasteiger partial charge in [-0.1, -0.05) is 0 Å². The van der Waals surface area contributed by atoms with E-state index < -0.39 is 0 Å². The van der Waals surface area contributed by atoms with Crippen LogP contribution in [0.15, 0.2) is 29.7 Å². The highest BCUT2D eigenvalue weighted by Gasteiger charge is 2.04. The first kappa shape index (κ1) is 11.3. The fourth-order valence-corrected chi connectivity index (χ4v) is 1.44. The van der Waals surface area contributed by atoms with Gasteiger partial charge in [-0.05, 0) is 5.56 Å². The van der Waals surface area contributed by atoms with Crippen molar-refractivity contribution in [2.45, 2.75) is 6.42 Å². The average Bonchev–Trinajstić information content (AvgIpc) is 2.35. The van der Waals surface area contributed by atoms with Gasteiger partial charge in [-0.25, -0.2) is 9.97 Å². The zero-order chi connectivity index (χ0) is 12.3. The molecule has 2 rings (SSSR count). The first-order valence-corrected chi connectivity index (χ1v) is 5.05. The minimum absolute atomic E-state index is 0.223. The van der Waals surface area contributed by atoms with Crippen molar-refractivity contribution in [3.05, 3.63) is 46.4 Å². The number of hydrogen-bond acceptors (Lipinski definition) is 5. The number of aryl methyl sites for hydroxylation is 1. The molecule has 17 heavy (non-hydrogen) atoms. The smallest absolute Gasteiger partial charge is 0.316 e. The maximum atomic E-state index is 11.5. The predicted octanol–water partition coefficient (Wildman–Crippen LogP) is 0.170. The van der Waals surface area contributed by atoms with Crippen molar-refractivity contribution < 1.29 is 4.74 Å². The Morgan fingerprint density at radius 2 is 2.00 bits per heavy atom. The Morgan fingerprint density at radius 3 is 2.65 bits per heavy atom. The third-order valence-electron chi connectivity index (χ3n) is 2.25. The lowest BCUT2D eigenvalue weighted by Crippen LogP contribution is -2.15. The van der Waals surface area contributed by atoms with Crippen LogP contribution in [0.5, 0.6) is 6.01 Å². The van der Waals surface area contributed by atoms with Gasteiger partial charge in [0.1, 0.15) is 0 Å². The second-order valence-electron chi connectivity index (χ2n) is 3.62. The van der Waals surface area contributed by atoms with E-state index in [1.54, 1.807) is 23.2 Å². The van der Waals surface area contributed by atoms with Crippen molar-refractivity contribution in [3.63, 3.8) is 0 Å². The molecule has 6 nitrogen and oxygen atoms in total. The van der Waals surface area contributed by atoms with E-state index in [1.165, 1.54) is 13.4 Å². The molecule has 0 spiro atoms. The zero-order valence-electron chi connectivity index (χ0n) is 9.62. The molecule has 0 aromatic carbocycles. The van der Waals surface area contributed by atoms with Crippen molar-refractivity contribution in [2.24, 2.45) is 7.05 Å². The van der Waals surface area contributed by atoms with Crippen LogP contribution in [0.3, 0.4) is 0 Å². The molecular formula is C11H12N4O2. The van der Waals surface area contributed by atoms with Crippen LogP contribution in [-0.2, 0) is 13.5 Å². The van der Waals surface area contributed by atoms with Crippen LogP contribution >= 0.6 is 0 Å². The van der Waals surface area contributed by atoms with Gasteiger partial charge >= 0.3 is 6.01 Å². The largest absolute Gasteiger partial charge is 0.467 e. The van der Waals surface area contributed by atoms with Gasteiger partial charge in [-0.15, -0.1) is 0 Å². The van der Waals surface area contributed by atoms with Crippen LogP contribution in [0.1, 0.15) is 11.1 Å². The number of ether oxygens (including phenoxy) is 1. The fraction of sp³-hybridized carbons (Fsp3) is 0.273. The van der Waals surface area contributed by atoms with Gasteiger partial charge < -0.3 is 9.30 Å². The SMILES string of the molecule is COc1ncc(Cc2cn(C)cnc2=O)cn1. The summed E-state index contributed by atoms with van der Waals surface area (Å²) in [6.45, 7) is 0. The van der Waals surface area contributed by atoms with Gasteiger partial charge in [0.15, 0.2) is 0 Å². The molecule has 2 heterocycles. The molecule has 88 valence electrons. The highest BCUT2D eigenvalue weighted by molar-refractivity contribution is 5.18. The summed E-state index contributed by atoms with van der Waals surface area (Å²) in [4.78, 5) is 23.2. The minimum atomic E-state index is -0.223. The van der Waals surface area contributed by atoms with Gasteiger partial charge in [0, 0.05) is 37.6 Å². The molecule has 0 saturated carbocycles. The van der Waals surface area contributed by atoms with Crippen molar-refractivity contribution in [3.8, 4) is 6.01 Å². The van der Waals surface area contributed by atoms with E-state index in [9.17, 15) is 4.79 Å². The summed E-state index contributed by atoms with van der Waals surface area (Å²) in [5.74, 6) is 0. The lowest BCUT2D eigenvalue weighted by atomic mass is 10.1. The summed E-state index contributed by atoms with van der Waals surface area (Å²) in [5.41, 5.74) is 1.23. The molecule has 0 radical (unpaired) electrons. The summed E-state index contributed by atoms with van der Waals surface area (Å²) in [6.07, 6.45) is 6.97. The minimum Gasteiger partial charge on any atom is -0.467 e. The van der Waals surface area contributed by atoms with Gasteiger partial charge in [0.25, 0.3) is 5.56 Å². The maximum absolute atomic E-state index is 11.5. The molecule has 0 aliphatic heterocycles. The quantitative estimate of drug-likeness (QED) is 0.754. The Bertz CT molecular complexity index is 562. The molecule has 0 bridgehead atoms. The summed E-state index contributed by atoms with van der Waals surface area (Å²) in [7, 11) is 3.33. The number of methoxy groups -OCH3 is 1. The third kappa shape index (κ3) is 2.66. The van der Waals surface area contributed by atoms with E-state index in [2.05, 4.69) is 15.0 Å².